The van der Waals surface area contributed by atoms with Gasteiger partial charge < -0.3 is 10.1 Å². The fraction of sp³-hybridized carbons (Fsp3) is 0.250. The van der Waals surface area contributed by atoms with Gasteiger partial charge in [0.1, 0.15) is 17.9 Å². The SMILES string of the molecule is CCCOc1cc(F)ccc1-c1ncnc(Nc2cccc(CSC)c2)n1. The minimum Gasteiger partial charge on any atom is -0.493 e. The lowest BCUT2D eigenvalue weighted by atomic mass is 10.2. The molecule has 0 atom stereocenters. The van der Waals surface area contributed by atoms with E-state index in [2.05, 4.69) is 38.7 Å². The predicted molar refractivity (Wildman–Crippen MR) is 108 cm³/mol. The summed E-state index contributed by atoms with van der Waals surface area (Å²) in [5.41, 5.74) is 2.75. The van der Waals surface area contributed by atoms with Gasteiger partial charge in [-0.05, 0) is 42.5 Å². The molecule has 1 N–H and O–H groups in total. The van der Waals surface area contributed by atoms with Gasteiger partial charge in [0, 0.05) is 17.5 Å². The predicted octanol–water partition coefficient (Wildman–Crippen LogP) is 5.07. The van der Waals surface area contributed by atoms with E-state index in [0.29, 0.717) is 29.7 Å². The molecule has 140 valence electrons. The summed E-state index contributed by atoms with van der Waals surface area (Å²) in [5.74, 6) is 1.86. The van der Waals surface area contributed by atoms with Gasteiger partial charge in [-0.25, -0.2) is 14.4 Å². The van der Waals surface area contributed by atoms with Gasteiger partial charge in [0.25, 0.3) is 0 Å². The van der Waals surface area contributed by atoms with Gasteiger partial charge in [-0.2, -0.15) is 16.7 Å². The molecule has 0 unspecified atom stereocenters. The fourth-order valence-corrected chi connectivity index (χ4v) is 3.05. The van der Waals surface area contributed by atoms with Gasteiger partial charge in [0.15, 0.2) is 5.82 Å². The Bertz CT molecular complexity index is 907. The standard InChI is InChI=1S/C20H21FN4OS/c1-3-9-26-18-11-15(21)7-8-17(18)19-22-13-23-20(25-19)24-16-6-4-5-14(10-16)12-27-2/h4-8,10-11,13H,3,9,12H2,1-2H3,(H,22,23,24,25). The number of ether oxygens (including phenoxy) is 1. The van der Waals surface area contributed by atoms with Crippen molar-refractivity contribution < 1.29 is 9.13 Å². The molecule has 0 aliphatic rings. The summed E-state index contributed by atoms with van der Waals surface area (Å²) < 4.78 is 19.3. The highest BCUT2D eigenvalue weighted by Gasteiger charge is 2.12. The zero-order valence-electron chi connectivity index (χ0n) is 15.3. The lowest BCUT2D eigenvalue weighted by Gasteiger charge is -2.11. The molecule has 0 amide bonds. The average molecular weight is 384 g/mol. The molecule has 0 saturated heterocycles. The number of benzene rings is 2. The Morgan fingerprint density at radius 2 is 2.04 bits per heavy atom. The molecule has 0 radical (unpaired) electrons. The molecule has 1 heterocycles. The molecule has 2 aromatic carbocycles. The van der Waals surface area contributed by atoms with Crippen molar-refractivity contribution in [3.05, 3.63) is 60.2 Å². The number of anilines is 2. The summed E-state index contributed by atoms with van der Waals surface area (Å²) in [6, 6.07) is 12.4. The minimum absolute atomic E-state index is 0.358. The second-order valence-corrected chi connectivity index (χ2v) is 6.75. The fourth-order valence-electron chi connectivity index (χ4n) is 2.53. The van der Waals surface area contributed by atoms with E-state index in [9.17, 15) is 4.39 Å². The van der Waals surface area contributed by atoms with Crippen molar-refractivity contribution in [3.63, 3.8) is 0 Å². The van der Waals surface area contributed by atoms with Gasteiger partial charge >= 0.3 is 0 Å². The molecule has 0 saturated carbocycles. The first kappa shape index (κ1) is 19.1. The van der Waals surface area contributed by atoms with E-state index in [4.69, 9.17) is 4.74 Å². The molecule has 0 aliphatic heterocycles. The molecule has 3 rings (SSSR count). The summed E-state index contributed by atoms with van der Waals surface area (Å²) in [4.78, 5) is 12.9. The van der Waals surface area contributed by atoms with Crippen molar-refractivity contribution in [1.29, 1.82) is 0 Å². The van der Waals surface area contributed by atoms with Crippen molar-refractivity contribution in [2.45, 2.75) is 19.1 Å². The Morgan fingerprint density at radius 1 is 1.15 bits per heavy atom. The van der Waals surface area contributed by atoms with Crippen LogP contribution >= 0.6 is 11.8 Å². The van der Waals surface area contributed by atoms with Crippen LogP contribution in [0.3, 0.4) is 0 Å². The van der Waals surface area contributed by atoms with E-state index in [1.807, 2.05) is 19.1 Å². The van der Waals surface area contributed by atoms with Crippen LogP contribution in [0, 0.1) is 5.82 Å². The highest BCUT2D eigenvalue weighted by molar-refractivity contribution is 7.97. The second-order valence-electron chi connectivity index (χ2n) is 5.88. The zero-order chi connectivity index (χ0) is 19.1. The van der Waals surface area contributed by atoms with Crippen LogP contribution in [0.2, 0.25) is 0 Å². The topological polar surface area (TPSA) is 59.9 Å². The lowest BCUT2D eigenvalue weighted by Crippen LogP contribution is -2.02. The Kier molecular flexibility index (Phi) is 6.59. The summed E-state index contributed by atoms with van der Waals surface area (Å²) in [6.07, 6.45) is 4.33. The van der Waals surface area contributed by atoms with Crippen LogP contribution in [0.15, 0.2) is 48.8 Å². The Hall–Kier alpha value is -2.67. The first-order chi connectivity index (χ1) is 13.2. The highest BCUT2D eigenvalue weighted by atomic mass is 32.2. The Labute approximate surface area is 162 Å². The highest BCUT2D eigenvalue weighted by Crippen LogP contribution is 2.29. The van der Waals surface area contributed by atoms with E-state index in [1.54, 1.807) is 17.8 Å². The zero-order valence-corrected chi connectivity index (χ0v) is 16.1. The van der Waals surface area contributed by atoms with Gasteiger partial charge in [0.05, 0.1) is 12.2 Å². The Morgan fingerprint density at radius 3 is 2.85 bits per heavy atom. The number of halogens is 1. The number of thioether (sulfide) groups is 1. The Balaban J connectivity index is 1.87. The van der Waals surface area contributed by atoms with Crippen molar-refractivity contribution in [2.24, 2.45) is 0 Å². The number of aromatic nitrogens is 3. The molecular weight excluding hydrogens is 363 g/mol. The van der Waals surface area contributed by atoms with Crippen molar-refractivity contribution in [3.8, 4) is 17.1 Å². The number of nitrogens with zero attached hydrogens (tertiary/aromatic N) is 3. The molecule has 27 heavy (non-hydrogen) atoms. The summed E-state index contributed by atoms with van der Waals surface area (Å²) in [5, 5.41) is 3.20. The van der Waals surface area contributed by atoms with E-state index >= 15 is 0 Å². The maximum atomic E-state index is 13.6. The molecule has 5 nitrogen and oxygen atoms in total. The van der Waals surface area contributed by atoms with Crippen LogP contribution in [0.5, 0.6) is 5.75 Å². The van der Waals surface area contributed by atoms with Gasteiger partial charge in [0.2, 0.25) is 5.95 Å². The average Bonchev–Trinajstić information content (AvgIpc) is 2.67. The van der Waals surface area contributed by atoms with Crippen LogP contribution in [-0.4, -0.2) is 27.8 Å². The molecule has 7 heteroatoms. The van der Waals surface area contributed by atoms with Crippen molar-refractivity contribution >= 4 is 23.4 Å². The maximum absolute atomic E-state index is 13.6. The van der Waals surface area contributed by atoms with E-state index in [-0.39, 0.29) is 5.82 Å². The second kappa shape index (κ2) is 9.32. The normalized spacial score (nSPS) is 10.6. The van der Waals surface area contributed by atoms with Crippen LogP contribution in [0.4, 0.5) is 16.0 Å². The minimum atomic E-state index is -0.358. The molecule has 0 aliphatic carbocycles. The van der Waals surface area contributed by atoms with Crippen LogP contribution in [0.25, 0.3) is 11.4 Å². The van der Waals surface area contributed by atoms with E-state index in [1.165, 1.54) is 24.0 Å². The number of hydrogen-bond acceptors (Lipinski definition) is 6. The number of rotatable bonds is 8. The maximum Gasteiger partial charge on any atom is 0.230 e. The molecule has 3 aromatic rings. The van der Waals surface area contributed by atoms with Crippen LogP contribution in [-0.2, 0) is 5.75 Å². The first-order valence-corrected chi connectivity index (χ1v) is 10.1. The van der Waals surface area contributed by atoms with Gasteiger partial charge in [-0.1, -0.05) is 19.1 Å². The van der Waals surface area contributed by atoms with E-state index < -0.39 is 0 Å². The van der Waals surface area contributed by atoms with Crippen molar-refractivity contribution in [1.82, 2.24) is 15.0 Å². The molecule has 0 spiro atoms. The third-order valence-electron chi connectivity index (χ3n) is 3.71. The van der Waals surface area contributed by atoms with E-state index in [0.717, 1.165) is 17.9 Å². The smallest absolute Gasteiger partial charge is 0.230 e. The molecule has 0 bridgehead atoms. The quantitative estimate of drug-likeness (QED) is 0.585. The molecule has 1 aromatic heterocycles. The van der Waals surface area contributed by atoms with Gasteiger partial charge in [-0.15, -0.1) is 0 Å². The first-order valence-electron chi connectivity index (χ1n) is 8.66. The van der Waals surface area contributed by atoms with Crippen LogP contribution in [0.1, 0.15) is 18.9 Å². The van der Waals surface area contributed by atoms with Crippen molar-refractivity contribution in [2.75, 3.05) is 18.2 Å². The molecule has 0 fully saturated rings. The number of hydrogen-bond donors (Lipinski definition) is 1. The largest absolute Gasteiger partial charge is 0.493 e. The third kappa shape index (κ3) is 5.17. The van der Waals surface area contributed by atoms with Gasteiger partial charge in [-0.3, -0.25) is 0 Å². The molecular formula is C20H21FN4OS. The monoisotopic (exact) mass is 384 g/mol. The summed E-state index contributed by atoms with van der Waals surface area (Å²) in [6.45, 7) is 2.49. The lowest BCUT2D eigenvalue weighted by molar-refractivity contribution is 0.317. The third-order valence-corrected chi connectivity index (χ3v) is 4.33. The summed E-state index contributed by atoms with van der Waals surface area (Å²) >= 11 is 1.77. The number of nitrogens with one attached hydrogen (secondary N) is 1. The summed E-state index contributed by atoms with van der Waals surface area (Å²) in [7, 11) is 0. The van der Waals surface area contributed by atoms with Crippen LogP contribution < -0.4 is 10.1 Å².